The van der Waals surface area contributed by atoms with E-state index in [1.807, 2.05) is 0 Å². The zero-order valence-corrected chi connectivity index (χ0v) is 6.69. The van der Waals surface area contributed by atoms with Gasteiger partial charge in [-0.3, -0.25) is 0 Å². The molecule has 8 heavy (non-hydrogen) atoms. The zero-order chi connectivity index (χ0) is 6.04. The van der Waals surface area contributed by atoms with E-state index < -0.39 is 7.82 Å². The number of phosphoric acid groups is 1. The summed E-state index contributed by atoms with van der Waals surface area (Å²) in [5.41, 5.74) is 0. The molecule has 0 amide bonds. The molecule has 1 aliphatic heterocycles. The van der Waals surface area contributed by atoms with E-state index in [2.05, 4.69) is 7.94 Å². The molecule has 0 spiro atoms. The molecular weight excluding hydrogens is 191 g/mol. The van der Waals surface area contributed by atoms with Crippen LogP contribution in [0, 0.1) is 0 Å². The third kappa shape index (κ3) is 2.18. The van der Waals surface area contributed by atoms with Gasteiger partial charge in [0.05, 0.1) is 22.1 Å². The first kappa shape index (κ1) is 7.27. The standard InChI is InChI=1S/HO4PS3/c1-5(2)3-6-8-7-4-5/h(H,1,2). The Bertz CT molecular complexity index is 112. The largest absolute Gasteiger partial charge is 0.496 e. The van der Waals surface area contributed by atoms with Crippen LogP contribution in [0.5, 0.6) is 0 Å². The van der Waals surface area contributed by atoms with E-state index in [0.717, 1.165) is 32.0 Å². The summed E-state index contributed by atoms with van der Waals surface area (Å²) in [6.45, 7) is 0. The normalized spacial score (nSPS) is 27.6. The highest BCUT2D eigenvalue weighted by Crippen LogP contribution is 2.62. The predicted octanol–water partition coefficient (Wildman–Crippen LogP) is 1.99. The fraction of sp³-hybridized carbons (Fsp3) is 0. The minimum absolute atomic E-state index is 0.843. The molecule has 0 aromatic rings. The second kappa shape index (κ2) is 2.83. The summed E-state index contributed by atoms with van der Waals surface area (Å²) >= 11 is 1.69. The van der Waals surface area contributed by atoms with Crippen molar-refractivity contribution < 1.29 is 17.4 Å². The molecule has 0 unspecified atom stereocenters. The fourth-order valence-electron chi connectivity index (χ4n) is 0.126. The topological polar surface area (TPSA) is 55.8 Å². The van der Waals surface area contributed by atoms with Crippen LogP contribution in [0.15, 0.2) is 0 Å². The predicted molar refractivity (Wildman–Crippen MR) is 34.8 cm³/mol. The Kier molecular flexibility index (Phi) is 2.57. The van der Waals surface area contributed by atoms with Gasteiger partial charge in [0.15, 0.2) is 0 Å². The number of rotatable bonds is 0. The lowest BCUT2D eigenvalue weighted by molar-refractivity contribution is 0.325. The molecular formula is HO4PS3. The van der Waals surface area contributed by atoms with Gasteiger partial charge in [-0.25, -0.2) is 12.5 Å². The Balaban J connectivity index is 2.45. The Morgan fingerprint density at radius 3 is 2.12 bits per heavy atom. The van der Waals surface area contributed by atoms with Crippen molar-refractivity contribution in [3.63, 3.8) is 0 Å². The van der Waals surface area contributed by atoms with Gasteiger partial charge in [-0.2, -0.15) is 0 Å². The molecule has 0 aromatic heterocycles. The molecule has 0 atom stereocenters. The molecule has 48 valence electrons. The summed E-state index contributed by atoms with van der Waals surface area (Å²) in [5.74, 6) is 0. The molecule has 1 heterocycles. The molecule has 1 saturated heterocycles. The average molecular weight is 192 g/mol. The average Bonchev–Trinajstić information content (AvgIpc) is 1.65. The third-order valence-corrected chi connectivity index (χ3v) is 4.84. The Morgan fingerprint density at radius 2 is 1.88 bits per heavy atom. The number of hydrogen-bond donors (Lipinski definition) is 1. The van der Waals surface area contributed by atoms with Crippen LogP contribution in [0.25, 0.3) is 0 Å². The summed E-state index contributed by atoms with van der Waals surface area (Å²) in [6, 6.07) is 0. The van der Waals surface area contributed by atoms with Gasteiger partial charge in [0.2, 0.25) is 0 Å². The molecule has 4 nitrogen and oxygen atoms in total. The Labute approximate surface area is 57.5 Å². The van der Waals surface area contributed by atoms with Crippen LogP contribution < -0.4 is 0 Å². The van der Waals surface area contributed by atoms with Crippen LogP contribution >= 0.6 is 39.8 Å². The number of hydrogen-bond acceptors (Lipinski definition) is 6. The summed E-state index contributed by atoms with van der Waals surface area (Å²) in [6.07, 6.45) is 0. The van der Waals surface area contributed by atoms with Crippen molar-refractivity contribution in [3.05, 3.63) is 0 Å². The van der Waals surface area contributed by atoms with Crippen molar-refractivity contribution in [2.24, 2.45) is 0 Å². The van der Waals surface area contributed by atoms with Crippen molar-refractivity contribution in [2.45, 2.75) is 0 Å². The van der Waals surface area contributed by atoms with Crippen molar-refractivity contribution in [2.75, 3.05) is 0 Å². The van der Waals surface area contributed by atoms with Crippen LogP contribution in [0.2, 0.25) is 0 Å². The maximum Gasteiger partial charge on any atom is 0.496 e. The first-order valence-corrected chi connectivity index (χ1v) is 6.24. The van der Waals surface area contributed by atoms with Gasteiger partial charge >= 0.3 is 7.82 Å². The fourth-order valence-corrected chi connectivity index (χ4v) is 4.73. The van der Waals surface area contributed by atoms with Gasteiger partial charge < -0.3 is 4.89 Å². The smallest absolute Gasteiger partial charge is 0.301 e. The lowest BCUT2D eigenvalue weighted by Gasteiger charge is -2.11. The molecule has 0 aromatic carbocycles. The van der Waals surface area contributed by atoms with E-state index in [1.54, 1.807) is 0 Å². The summed E-state index contributed by atoms with van der Waals surface area (Å²) in [5, 5.41) is 0. The highest BCUT2D eigenvalue weighted by atomic mass is 33.5. The molecule has 1 N–H and O–H groups in total. The quantitative estimate of drug-likeness (QED) is 0.358. The maximum atomic E-state index is 10.3. The van der Waals surface area contributed by atoms with Gasteiger partial charge in [-0.15, -0.1) is 0 Å². The molecule has 1 rings (SSSR count). The summed E-state index contributed by atoms with van der Waals surface area (Å²) in [4.78, 5) is 8.43. The van der Waals surface area contributed by atoms with Crippen molar-refractivity contribution in [1.29, 1.82) is 0 Å². The molecule has 1 aliphatic rings. The maximum absolute atomic E-state index is 10.3. The van der Waals surface area contributed by atoms with Gasteiger partial charge in [-0.05, 0) is 0 Å². The van der Waals surface area contributed by atoms with E-state index >= 15 is 0 Å². The van der Waals surface area contributed by atoms with Gasteiger partial charge in [0, 0.05) is 9.83 Å². The lowest BCUT2D eigenvalue weighted by atomic mass is 15.7. The van der Waals surface area contributed by atoms with E-state index in [0.29, 0.717) is 0 Å². The molecule has 0 bridgehead atoms. The summed E-state index contributed by atoms with van der Waals surface area (Å²) in [7, 11) is -2.53. The Morgan fingerprint density at radius 1 is 1.38 bits per heavy atom. The monoisotopic (exact) mass is 192 g/mol. The van der Waals surface area contributed by atoms with Crippen LogP contribution in [-0.4, -0.2) is 4.89 Å². The van der Waals surface area contributed by atoms with E-state index in [1.165, 1.54) is 0 Å². The second-order valence-electron chi connectivity index (χ2n) is 0.822. The zero-order valence-electron chi connectivity index (χ0n) is 3.34. The highest BCUT2D eigenvalue weighted by Gasteiger charge is 2.27. The molecule has 1 fully saturated rings. The molecule has 0 saturated carbocycles. The van der Waals surface area contributed by atoms with E-state index in [9.17, 15) is 4.57 Å². The molecule has 8 heteroatoms. The van der Waals surface area contributed by atoms with Crippen molar-refractivity contribution >= 4 is 39.8 Å². The van der Waals surface area contributed by atoms with Gasteiger partial charge in [-0.1, -0.05) is 0 Å². The SMILES string of the molecule is O=P1(O)OSSSO1. The van der Waals surface area contributed by atoms with Gasteiger partial charge in [0.25, 0.3) is 0 Å². The first-order chi connectivity index (χ1) is 3.71. The molecule has 0 aliphatic carbocycles. The van der Waals surface area contributed by atoms with Crippen molar-refractivity contribution in [1.82, 2.24) is 0 Å². The van der Waals surface area contributed by atoms with E-state index in [-0.39, 0.29) is 0 Å². The van der Waals surface area contributed by atoms with Crippen molar-refractivity contribution in [3.8, 4) is 0 Å². The van der Waals surface area contributed by atoms with Crippen LogP contribution in [0.4, 0.5) is 0 Å². The minimum Gasteiger partial charge on any atom is -0.301 e. The van der Waals surface area contributed by atoms with Crippen LogP contribution in [0.3, 0.4) is 0 Å². The first-order valence-electron chi connectivity index (χ1n) is 1.41. The third-order valence-electron chi connectivity index (χ3n) is 0.305. The summed E-state index contributed by atoms with van der Waals surface area (Å²) < 4.78 is 18.7. The Hall–Kier alpha value is 1.16. The molecule has 0 radical (unpaired) electrons. The van der Waals surface area contributed by atoms with E-state index in [4.69, 9.17) is 4.89 Å². The lowest BCUT2D eigenvalue weighted by Crippen LogP contribution is -1.82. The van der Waals surface area contributed by atoms with Crippen LogP contribution in [-0.2, 0) is 12.5 Å². The highest BCUT2D eigenvalue weighted by molar-refractivity contribution is 9.08. The van der Waals surface area contributed by atoms with Gasteiger partial charge in [0.1, 0.15) is 0 Å². The minimum atomic E-state index is -3.68. The second-order valence-corrected chi connectivity index (χ2v) is 5.81. The van der Waals surface area contributed by atoms with Crippen LogP contribution in [0.1, 0.15) is 0 Å².